The lowest BCUT2D eigenvalue weighted by Gasteiger charge is -2.22. The summed E-state index contributed by atoms with van der Waals surface area (Å²) in [6.45, 7) is 0.100. The SMILES string of the molecule is COc1cc(C[C@H]2C(=O)OC[C@@H]2[C@@H](O)c2ccc(O)c(OC)c2)ccc1O. The molecule has 0 spiro atoms. The van der Waals surface area contributed by atoms with E-state index in [1.807, 2.05) is 0 Å². The summed E-state index contributed by atoms with van der Waals surface area (Å²) >= 11 is 0. The third kappa shape index (κ3) is 3.78. The highest BCUT2D eigenvalue weighted by molar-refractivity contribution is 5.75. The highest BCUT2D eigenvalue weighted by Gasteiger charge is 2.41. The molecule has 3 atom stereocenters. The Bertz CT molecular complexity index is 833. The van der Waals surface area contributed by atoms with Crippen molar-refractivity contribution in [1.29, 1.82) is 0 Å². The van der Waals surface area contributed by atoms with E-state index in [1.165, 1.54) is 26.4 Å². The standard InChI is InChI=1S/C20H22O7/c1-25-17-8-11(3-5-15(17)21)7-13-14(10-27-20(13)24)19(23)12-4-6-16(22)18(9-12)26-2/h3-6,8-9,13-14,19,21-23H,7,10H2,1-2H3/t13-,14+,19+/m1/s1. The zero-order valence-electron chi connectivity index (χ0n) is 15.1. The Balaban J connectivity index is 1.83. The normalized spacial score (nSPS) is 20.2. The Morgan fingerprint density at radius 3 is 2.37 bits per heavy atom. The molecular formula is C20H22O7. The summed E-state index contributed by atoms with van der Waals surface area (Å²) < 4.78 is 15.4. The van der Waals surface area contributed by atoms with Crippen LogP contribution in [0.15, 0.2) is 36.4 Å². The molecule has 1 saturated heterocycles. The fourth-order valence-corrected chi connectivity index (χ4v) is 3.35. The van der Waals surface area contributed by atoms with Crippen molar-refractivity contribution >= 4 is 5.97 Å². The first-order valence-electron chi connectivity index (χ1n) is 8.52. The van der Waals surface area contributed by atoms with Gasteiger partial charge in [0.25, 0.3) is 0 Å². The fourth-order valence-electron chi connectivity index (χ4n) is 3.35. The number of rotatable bonds is 6. The van der Waals surface area contributed by atoms with Gasteiger partial charge < -0.3 is 29.5 Å². The van der Waals surface area contributed by atoms with E-state index < -0.39 is 17.9 Å². The van der Waals surface area contributed by atoms with Crippen molar-refractivity contribution in [1.82, 2.24) is 0 Å². The molecule has 0 aliphatic carbocycles. The molecule has 1 heterocycles. The van der Waals surface area contributed by atoms with Crippen molar-refractivity contribution in [3.63, 3.8) is 0 Å². The summed E-state index contributed by atoms with van der Waals surface area (Å²) in [5, 5.41) is 30.3. The molecular weight excluding hydrogens is 352 g/mol. The van der Waals surface area contributed by atoms with Crippen molar-refractivity contribution < 1.29 is 34.3 Å². The Hall–Kier alpha value is -2.93. The van der Waals surface area contributed by atoms with Crippen molar-refractivity contribution in [2.75, 3.05) is 20.8 Å². The average molecular weight is 374 g/mol. The largest absolute Gasteiger partial charge is 0.504 e. The van der Waals surface area contributed by atoms with Gasteiger partial charge in [-0.2, -0.15) is 0 Å². The molecule has 1 aliphatic heterocycles. The van der Waals surface area contributed by atoms with E-state index in [4.69, 9.17) is 14.2 Å². The molecule has 1 fully saturated rings. The molecule has 0 saturated carbocycles. The van der Waals surface area contributed by atoms with Crippen LogP contribution in [0.4, 0.5) is 0 Å². The molecule has 1 aliphatic rings. The van der Waals surface area contributed by atoms with E-state index in [1.54, 1.807) is 24.3 Å². The zero-order chi connectivity index (χ0) is 19.6. The van der Waals surface area contributed by atoms with E-state index in [0.29, 0.717) is 17.7 Å². The number of hydrogen-bond acceptors (Lipinski definition) is 7. The number of aliphatic hydroxyl groups excluding tert-OH is 1. The van der Waals surface area contributed by atoms with E-state index in [9.17, 15) is 20.1 Å². The molecule has 0 radical (unpaired) electrons. The number of hydrogen-bond donors (Lipinski definition) is 3. The molecule has 3 N–H and O–H groups in total. The lowest BCUT2D eigenvalue weighted by Crippen LogP contribution is -2.24. The smallest absolute Gasteiger partial charge is 0.309 e. The van der Waals surface area contributed by atoms with E-state index >= 15 is 0 Å². The van der Waals surface area contributed by atoms with Crippen LogP contribution in [0, 0.1) is 11.8 Å². The number of benzene rings is 2. The van der Waals surface area contributed by atoms with Crippen molar-refractivity contribution in [2.24, 2.45) is 11.8 Å². The Morgan fingerprint density at radius 2 is 1.70 bits per heavy atom. The monoisotopic (exact) mass is 374 g/mol. The van der Waals surface area contributed by atoms with Crippen LogP contribution in [0.1, 0.15) is 17.2 Å². The summed E-state index contributed by atoms with van der Waals surface area (Å²) in [5.41, 5.74) is 1.32. The molecule has 0 bridgehead atoms. The lowest BCUT2D eigenvalue weighted by atomic mass is 9.83. The van der Waals surface area contributed by atoms with Gasteiger partial charge in [-0.25, -0.2) is 0 Å². The average Bonchev–Trinajstić information content (AvgIpc) is 3.03. The highest BCUT2D eigenvalue weighted by atomic mass is 16.5. The first-order valence-corrected chi connectivity index (χ1v) is 8.52. The predicted octanol–water partition coefficient (Wildman–Crippen LogP) is 2.18. The van der Waals surface area contributed by atoms with Crippen molar-refractivity contribution in [3.8, 4) is 23.0 Å². The van der Waals surface area contributed by atoms with Crippen LogP contribution in [0.3, 0.4) is 0 Å². The Labute approximate surface area is 156 Å². The molecule has 144 valence electrons. The number of aromatic hydroxyl groups is 2. The maximum Gasteiger partial charge on any atom is 0.309 e. The van der Waals surface area contributed by atoms with Gasteiger partial charge in [0.05, 0.1) is 32.8 Å². The predicted molar refractivity (Wildman–Crippen MR) is 95.9 cm³/mol. The van der Waals surface area contributed by atoms with Gasteiger partial charge in [-0.3, -0.25) is 4.79 Å². The van der Waals surface area contributed by atoms with Crippen LogP contribution in [0.25, 0.3) is 0 Å². The number of esters is 1. The van der Waals surface area contributed by atoms with Gasteiger partial charge in [0, 0.05) is 5.92 Å². The van der Waals surface area contributed by atoms with E-state index in [0.717, 1.165) is 5.56 Å². The minimum atomic E-state index is -0.963. The first-order chi connectivity index (χ1) is 12.9. The lowest BCUT2D eigenvalue weighted by molar-refractivity contribution is -0.141. The summed E-state index contributed by atoms with van der Waals surface area (Å²) in [6.07, 6.45) is -0.623. The van der Waals surface area contributed by atoms with Gasteiger partial charge in [0.15, 0.2) is 23.0 Å². The molecule has 2 aromatic carbocycles. The van der Waals surface area contributed by atoms with Gasteiger partial charge in [-0.1, -0.05) is 12.1 Å². The summed E-state index contributed by atoms with van der Waals surface area (Å²) in [5.74, 6) is -0.823. The quantitative estimate of drug-likeness (QED) is 0.666. The van der Waals surface area contributed by atoms with E-state index in [2.05, 4.69) is 0 Å². The second-order valence-electron chi connectivity index (χ2n) is 6.49. The molecule has 3 rings (SSSR count). The van der Waals surface area contributed by atoms with Gasteiger partial charge in [-0.05, 0) is 41.8 Å². The second kappa shape index (κ2) is 7.75. The molecule has 0 amide bonds. The minimum absolute atomic E-state index is 0.0167. The third-order valence-corrected chi connectivity index (χ3v) is 4.89. The molecule has 27 heavy (non-hydrogen) atoms. The highest BCUT2D eigenvalue weighted by Crippen LogP contribution is 2.39. The van der Waals surface area contributed by atoms with Gasteiger partial charge >= 0.3 is 5.97 Å². The maximum absolute atomic E-state index is 12.2. The number of ether oxygens (including phenoxy) is 3. The van der Waals surface area contributed by atoms with Crippen LogP contribution < -0.4 is 9.47 Å². The van der Waals surface area contributed by atoms with Crippen LogP contribution in [-0.2, 0) is 16.0 Å². The number of cyclic esters (lactones) is 1. The molecule has 7 heteroatoms. The second-order valence-corrected chi connectivity index (χ2v) is 6.49. The summed E-state index contributed by atoms with van der Waals surface area (Å²) in [4.78, 5) is 12.2. The number of phenols is 2. The third-order valence-electron chi connectivity index (χ3n) is 4.89. The topological polar surface area (TPSA) is 105 Å². The van der Waals surface area contributed by atoms with Crippen LogP contribution >= 0.6 is 0 Å². The number of phenolic OH excluding ortho intramolecular Hbond substituents is 2. The van der Waals surface area contributed by atoms with Gasteiger partial charge in [-0.15, -0.1) is 0 Å². The molecule has 2 aromatic rings. The Kier molecular flexibility index (Phi) is 5.41. The minimum Gasteiger partial charge on any atom is -0.504 e. The summed E-state index contributed by atoms with van der Waals surface area (Å²) in [7, 11) is 2.88. The summed E-state index contributed by atoms with van der Waals surface area (Å²) in [6, 6.07) is 9.44. The van der Waals surface area contributed by atoms with Crippen LogP contribution in [0.2, 0.25) is 0 Å². The first kappa shape index (κ1) is 18.8. The zero-order valence-corrected chi connectivity index (χ0v) is 15.1. The van der Waals surface area contributed by atoms with Crippen molar-refractivity contribution in [3.05, 3.63) is 47.5 Å². The molecule has 7 nitrogen and oxygen atoms in total. The number of carbonyl (C=O) groups is 1. The number of methoxy groups -OCH3 is 2. The van der Waals surface area contributed by atoms with Gasteiger partial charge in [0.1, 0.15) is 0 Å². The number of aliphatic hydroxyl groups is 1. The maximum atomic E-state index is 12.2. The molecule has 0 unspecified atom stereocenters. The van der Waals surface area contributed by atoms with E-state index in [-0.39, 0.29) is 29.8 Å². The molecule has 0 aromatic heterocycles. The fraction of sp³-hybridized carbons (Fsp3) is 0.350. The Morgan fingerprint density at radius 1 is 1.07 bits per heavy atom. The van der Waals surface area contributed by atoms with Crippen LogP contribution in [0.5, 0.6) is 23.0 Å². The number of carbonyl (C=O) groups excluding carboxylic acids is 1. The van der Waals surface area contributed by atoms with Gasteiger partial charge in [0.2, 0.25) is 0 Å². The van der Waals surface area contributed by atoms with Crippen molar-refractivity contribution in [2.45, 2.75) is 12.5 Å². The van der Waals surface area contributed by atoms with Crippen LogP contribution in [-0.4, -0.2) is 42.1 Å².